The fourth-order valence-corrected chi connectivity index (χ4v) is 5.60. The standard InChI is InChI=1S/C34H31ClN8O/c1-21(44)27-16-24(39-34(26-10-5-6-11-29(26)35)31-20-43(42-41-31)25-13-14-25)17-28-32(23(18-37)19-38-33(27)28)40-30(12-7-15-36)22-8-3-2-4-9-22/h2-6,8-11,16-17,19-20,25,30,34,39,41-42H,7,12-14H2,1H3,(H,38,40)/t30-,34?/m1/s1/i34D. The Hall–Kier alpha value is -5.09. The van der Waals surface area contributed by atoms with Gasteiger partial charge in [-0.1, -0.05) is 60.1 Å². The topological polar surface area (TPSA) is 129 Å². The first-order valence-electron chi connectivity index (χ1n) is 14.9. The van der Waals surface area contributed by atoms with Crippen molar-refractivity contribution in [3.05, 3.63) is 112 Å². The number of anilines is 2. The van der Waals surface area contributed by atoms with Crippen LogP contribution in [0.3, 0.4) is 0 Å². The maximum absolute atomic E-state index is 13.0. The Labute approximate surface area is 262 Å². The van der Waals surface area contributed by atoms with Crippen LogP contribution in [0.2, 0.25) is 5.02 Å². The van der Waals surface area contributed by atoms with Crippen molar-refractivity contribution in [2.24, 2.45) is 0 Å². The summed E-state index contributed by atoms with van der Waals surface area (Å²) in [7, 11) is 0. The molecule has 1 saturated carbocycles. The molecule has 1 aromatic heterocycles. The maximum Gasteiger partial charge on any atom is 0.162 e. The summed E-state index contributed by atoms with van der Waals surface area (Å²) in [5.74, 6) is -0.219. The minimum Gasteiger partial charge on any atom is -0.377 e. The molecule has 4 aromatic rings. The fraction of sp³-hybridized carbons (Fsp3) is 0.235. The van der Waals surface area contributed by atoms with Crippen LogP contribution in [0.4, 0.5) is 11.4 Å². The molecule has 0 spiro atoms. The Morgan fingerprint density at radius 1 is 1.16 bits per heavy atom. The number of carbonyl (C=O) groups excluding carboxylic acids is 1. The van der Waals surface area contributed by atoms with Gasteiger partial charge in [0.1, 0.15) is 6.07 Å². The van der Waals surface area contributed by atoms with E-state index >= 15 is 0 Å². The SMILES string of the molecule is [2H]C(Nc1cc(C(C)=O)c2ncc(C#N)c(N[C@H](CCC#N)c3ccccc3)c2c1)(C1=CN(C2CC2)NN1)c1ccccc1Cl. The van der Waals surface area contributed by atoms with E-state index in [2.05, 4.69) is 38.7 Å². The molecule has 0 amide bonds. The number of nitrogens with zero attached hydrogens (tertiary/aromatic N) is 4. The number of halogens is 1. The summed E-state index contributed by atoms with van der Waals surface area (Å²) in [6, 6.07) is 23.3. The van der Waals surface area contributed by atoms with Gasteiger partial charge >= 0.3 is 0 Å². The average Bonchev–Trinajstić information content (AvgIpc) is 3.78. The van der Waals surface area contributed by atoms with Crippen LogP contribution in [-0.2, 0) is 0 Å². The van der Waals surface area contributed by atoms with Crippen molar-refractivity contribution in [1.82, 2.24) is 21.0 Å². The normalized spacial score (nSPS) is 16.5. The second-order valence-electron chi connectivity index (χ2n) is 10.8. The van der Waals surface area contributed by atoms with Gasteiger partial charge in [-0.15, -0.1) is 5.53 Å². The number of hydrazine groups is 2. The number of pyridine rings is 1. The molecular formula is C34H31ClN8O. The first-order valence-corrected chi connectivity index (χ1v) is 14.8. The molecule has 0 radical (unpaired) electrons. The third-order valence-corrected chi connectivity index (χ3v) is 8.08. The Bertz CT molecular complexity index is 1880. The molecule has 44 heavy (non-hydrogen) atoms. The molecule has 1 aliphatic heterocycles. The number of carbonyl (C=O) groups is 1. The van der Waals surface area contributed by atoms with Gasteiger partial charge in [-0.2, -0.15) is 10.5 Å². The van der Waals surface area contributed by atoms with Crippen molar-refractivity contribution < 1.29 is 6.17 Å². The second-order valence-corrected chi connectivity index (χ2v) is 11.2. The van der Waals surface area contributed by atoms with Gasteiger partial charge in [0.2, 0.25) is 0 Å². The van der Waals surface area contributed by atoms with Crippen LogP contribution in [0.25, 0.3) is 10.9 Å². The van der Waals surface area contributed by atoms with Gasteiger partial charge in [-0.05, 0) is 55.5 Å². The van der Waals surface area contributed by atoms with Gasteiger partial charge in [0, 0.05) is 46.5 Å². The first-order chi connectivity index (χ1) is 21.8. The van der Waals surface area contributed by atoms with Crippen LogP contribution in [0.1, 0.15) is 73.1 Å². The monoisotopic (exact) mass is 603 g/mol. The van der Waals surface area contributed by atoms with Gasteiger partial charge in [0.15, 0.2) is 5.78 Å². The second kappa shape index (κ2) is 12.6. The molecule has 1 unspecified atom stereocenters. The third kappa shape index (κ3) is 6.02. The van der Waals surface area contributed by atoms with Crippen LogP contribution < -0.4 is 21.6 Å². The Kier molecular flexibility index (Phi) is 7.97. The minimum absolute atomic E-state index is 0.219. The zero-order valence-corrected chi connectivity index (χ0v) is 24.8. The highest BCUT2D eigenvalue weighted by atomic mass is 35.5. The molecule has 1 aliphatic carbocycles. The van der Waals surface area contributed by atoms with Crippen molar-refractivity contribution in [1.29, 1.82) is 10.5 Å². The molecule has 0 bridgehead atoms. The number of fused-ring (bicyclic) bond motifs is 1. The first kappa shape index (κ1) is 27.7. The molecule has 6 rings (SSSR count). The van der Waals surface area contributed by atoms with E-state index in [0.717, 1.165) is 18.4 Å². The number of aromatic nitrogens is 1. The van der Waals surface area contributed by atoms with E-state index in [4.69, 9.17) is 11.6 Å². The average molecular weight is 604 g/mol. The molecule has 2 atom stereocenters. The van der Waals surface area contributed by atoms with Gasteiger partial charge < -0.3 is 16.1 Å². The molecule has 2 heterocycles. The van der Waals surface area contributed by atoms with Gasteiger partial charge in [0.05, 0.1) is 42.0 Å². The van der Waals surface area contributed by atoms with E-state index in [0.29, 0.717) is 68.6 Å². The number of benzene rings is 3. The van der Waals surface area contributed by atoms with Crippen LogP contribution in [-0.4, -0.2) is 21.8 Å². The van der Waals surface area contributed by atoms with Crippen LogP contribution in [0.15, 0.2) is 84.8 Å². The number of rotatable bonds is 11. The Balaban J connectivity index is 1.50. The van der Waals surface area contributed by atoms with Crippen molar-refractivity contribution >= 4 is 39.7 Å². The van der Waals surface area contributed by atoms with E-state index in [1.54, 1.807) is 24.3 Å². The van der Waals surface area contributed by atoms with Crippen LogP contribution in [0, 0.1) is 22.7 Å². The number of ketones is 1. The summed E-state index contributed by atoms with van der Waals surface area (Å²) in [6.07, 6.45) is 6.24. The van der Waals surface area contributed by atoms with Crippen LogP contribution >= 0.6 is 11.6 Å². The third-order valence-electron chi connectivity index (χ3n) is 7.75. The summed E-state index contributed by atoms with van der Waals surface area (Å²) < 4.78 is 9.82. The molecule has 9 nitrogen and oxygen atoms in total. The molecule has 4 N–H and O–H groups in total. The lowest BCUT2D eigenvalue weighted by Gasteiger charge is -2.24. The highest BCUT2D eigenvalue weighted by Crippen LogP contribution is 2.38. The smallest absolute Gasteiger partial charge is 0.162 e. The summed E-state index contributed by atoms with van der Waals surface area (Å²) in [6.45, 7) is 1.46. The van der Waals surface area contributed by atoms with Gasteiger partial charge in [0.25, 0.3) is 0 Å². The van der Waals surface area contributed by atoms with E-state index in [-0.39, 0.29) is 11.8 Å². The molecule has 3 aromatic carbocycles. The van der Waals surface area contributed by atoms with Gasteiger partial charge in [-0.3, -0.25) is 14.8 Å². The fourth-order valence-electron chi connectivity index (χ4n) is 5.37. The maximum atomic E-state index is 13.0. The Morgan fingerprint density at radius 3 is 2.64 bits per heavy atom. The van der Waals surface area contributed by atoms with E-state index in [1.165, 1.54) is 13.1 Å². The molecule has 2 aliphatic rings. The lowest BCUT2D eigenvalue weighted by Crippen LogP contribution is -2.38. The molecular weight excluding hydrogens is 572 g/mol. The zero-order chi connectivity index (χ0) is 31.6. The molecule has 10 heteroatoms. The molecule has 220 valence electrons. The largest absolute Gasteiger partial charge is 0.377 e. The lowest BCUT2D eigenvalue weighted by molar-refractivity contribution is 0.101. The predicted octanol–water partition coefficient (Wildman–Crippen LogP) is 6.90. The quantitative estimate of drug-likeness (QED) is 0.135. The Morgan fingerprint density at radius 2 is 1.93 bits per heavy atom. The van der Waals surface area contributed by atoms with E-state index < -0.39 is 6.02 Å². The summed E-state index contributed by atoms with van der Waals surface area (Å²) in [4.78, 5) is 17.6. The summed E-state index contributed by atoms with van der Waals surface area (Å²) >= 11 is 6.68. The van der Waals surface area contributed by atoms with Crippen molar-refractivity contribution in [2.75, 3.05) is 10.6 Å². The number of Topliss-reactive ketones (excluding diaryl/α,β-unsaturated/α-hetero) is 1. The lowest BCUT2D eigenvalue weighted by atomic mass is 9.98. The number of nitriles is 2. The van der Waals surface area contributed by atoms with Crippen molar-refractivity contribution in [2.45, 2.75) is 50.7 Å². The van der Waals surface area contributed by atoms with E-state index in [1.807, 2.05) is 53.7 Å². The predicted molar refractivity (Wildman–Crippen MR) is 171 cm³/mol. The highest BCUT2D eigenvalue weighted by Gasteiger charge is 2.33. The van der Waals surface area contributed by atoms with Gasteiger partial charge in [-0.25, -0.2) is 0 Å². The van der Waals surface area contributed by atoms with Crippen molar-refractivity contribution in [3.63, 3.8) is 0 Å². The van der Waals surface area contributed by atoms with E-state index in [9.17, 15) is 16.7 Å². The molecule has 0 saturated heterocycles. The number of nitrogens with one attached hydrogen (secondary N) is 4. The number of hydrogen-bond donors (Lipinski definition) is 4. The zero-order valence-electron chi connectivity index (χ0n) is 25.1. The van der Waals surface area contributed by atoms with Crippen molar-refractivity contribution in [3.8, 4) is 12.1 Å². The summed E-state index contributed by atoms with van der Waals surface area (Å²) in [5, 5.41) is 29.3. The minimum atomic E-state index is -1.59. The highest BCUT2D eigenvalue weighted by molar-refractivity contribution is 6.31. The number of hydrogen-bond acceptors (Lipinski definition) is 9. The molecule has 1 fully saturated rings. The van der Waals surface area contributed by atoms with Crippen LogP contribution in [0.5, 0.6) is 0 Å². The summed E-state index contributed by atoms with van der Waals surface area (Å²) in [5.41, 5.74) is 10.3.